The summed E-state index contributed by atoms with van der Waals surface area (Å²) in [5.41, 5.74) is 3.92. The van der Waals surface area contributed by atoms with Crippen LogP contribution in [0.25, 0.3) is 0 Å². The zero-order valence-electron chi connectivity index (χ0n) is 16.5. The lowest BCUT2D eigenvalue weighted by molar-refractivity contribution is 0.111. The number of benzene rings is 1. The Labute approximate surface area is 165 Å². The molecule has 0 amide bonds. The summed E-state index contributed by atoms with van der Waals surface area (Å²) in [6.07, 6.45) is 6.56. The van der Waals surface area contributed by atoms with Gasteiger partial charge in [0.05, 0.1) is 4.90 Å². The van der Waals surface area contributed by atoms with Gasteiger partial charge in [-0.05, 0) is 62.8 Å². The maximum atomic E-state index is 13.3. The molecule has 2 fully saturated rings. The highest BCUT2D eigenvalue weighted by Crippen LogP contribution is 2.30. The zero-order valence-corrected chi connectivity index (χ0v) is 18.2. The smallest absolute Gasteiger partial charge is 0.243 e. The Hall–Kier alpha value is -0.620. The third kappa shape index (κ3) is 4.11. The summed E-state index contributed by atoms with van der Waals surface area (Å²) in [6, 6.07) is 2.76. The summed E-state index contributed by atoms with van der Waals surface area (Å²) in [6.45, 7) is 10.8. The van der Waals surface area contributed by atoms with Crippen molar-refractivity contribution in [2.45, 2.75) is 70.7 Å². The first-order valence-corrected chi connectivity index (χ1v) is 11.1. The van der Waals surface area contributed by atoms with E-state index in [4.69, 9.17) is 0 Å². The molecule has 0 radical (unpaired) electrons. The Morgan fingerprint density at radius 2 is 1.35 bits per heavy atom. The molecule has 3 rings (SSSR count). The van der Waals surface area contributed by atoms with Crippen molar-refractivity contribution in [3.63, 3.8) is 0 Å². The molecule has 1 aromatic carbocycles. The van der Waals surface area contributed by atoms with E-state index in [0.29, 0.717) is 24.0 Å². The molecular weight excluding hydrogens is 368 g/mol. The Kier molecular flexibility index (Phi) is 7.16. The van der Waals surface area contributed by atoms with Crippen molar-refractivity contribution in [1.82, 2.24) is 9.21 Å². The minimum atomic E-state index is -3.42. The summed E-state index contributed by atoms with van der Waals surface area (Å²) in [5.74, 6) is 0. The normalized spacial score (nSPS) is 20.8. The van der Waals surface area contributed by atoms with Crippen molar-refractivity contribution < 1.29 is 8.42 Å². The number of aryl methyl sites for hydroxylation is 2. The first kappa shape index (κ1) is 21.7. The molecule has 26 heavy (non-hydrogen) atoms. The zero-order chi connectivity index (χ0) is 18.2. The van der Waals surface area contributed by atoms with Crippen LogP contribution in [0.15, 0.2) is 11.0 Å². The monoisotopic (exact) mass is 400 g/mol. The molecule has 0 spiro atoms. The van der Waals surface area contributed by atoms with Crippen molar-refractivity contribution in [3.05, 3.63) is 28.3 Å². The number of halogens is 1. The molecule has 4 nitrogen and oxygen atoms in total. The minimum absolute atomic E-state index is 0. The van der Waals surface area contributed by atoms with Crippen LogP contribution in [-0.4, -0.2) is 49.8 Å². The topological polar surface area (TPSA) is 40.6 Å². The van der Waals surface area contributed by atoms with E-state index < -0.39 is 10.0 Å². The van der Waals surface area contributed by atoms with Crippen LogP contribution in [-0.2, 0) is 10.0 Å². The molecule has 148 valence electrons. The standard InChI is InChI=1S/C20H32N2O2S.ClH/c1-15-14-16(2)18(4)20(17(15)3)25(23,24)22-12-10-21(11-13-22)19-8-6-5-7-9-19;/h14,19H,5-13H2,1-4H3;1H. The van der Waals surface area contributed by atoms with E-state index in [1.54, 1.807) is 4.31 Å². The van der Waals surface area contributed by atoms with Gasteiger partial charge in [0.1, 0.15) is 0 Å². The molecule has 1 saturated heterocycles. The second-order valence-corrected chi connectivity index (χ2v) is 9.70. The van der Waals surface area contributed by atoms with Gasteiger partial charge in [-0.3, -0.25) is 4.90 Å². The third-order valence-electron chi connectivity index (χ3n) is 6.26. The first-order chi connectivity index (χ1) is 11.8. The lowest BCUT2D eigenvalue weighted by Crippen LogP contribution is -2.52. The van der Waals surface area contributed by atoms with Crippen LogP contribution in [0.4, 0.5) is 0 Å². The highest BCUT2D eigenvalue weighted by atomic mass is 35.5. The van der Waals surface area contributed by atoms with E-state index in [-0.39, 0.29) is 12.4 Å². The van der Waals surface area contributed by atoms with E-state index in [2.05, 4.69) is 11.0 Å². The number of hydrogen-bond donors (Lipinski definition) is 0. The Morgan fingerprint density at radius 3 is 1.85 bits per heavy atom. The van der Waals surface area contributed by atoms with Crippen molar-refractivity contribution in [3.8, 4) is 0 Å². The van der Waals surface area contributed by atoms with E-state index in [1.807, 2.05) is 27.7 Å². The Morgan fingerprint density at radius 1 is 0.846 bits per heavy atom. The van der Waals surface area contributed by atoms with Gasteiger partial charge in [-0.2, -0.15) is 4.31 Å². The van der Waals surface area contributed by atoms with Gasteiger partial charge in [0, 0.05) is 32.2 Å². The molecular formula is C20H33ClN2O2S. The Balaban J connectivity index is 0.00000243. The van der Waals surface area contributed by atoms with Crippen LogP contribution in [0.1, 0.15) is 54.4 Å². The van der Waals surface area contributed by atoms with Gasteiger partial charge < -0.3 is 0 Å². The third-order valence-corrected chi connectivity index (χ3v) is 8.43. The summed E-state index contributed by atoms with van der Waals surface area (Å²) in [5, 5.41) is 0. The van der Waals surface area contributed by atoms with Crippen LogP contribution in [0.2, 0.25) is 0 Å². The molecule has 6 heteroatoms. The number of hydrogen-bond acceptors (Lipinski definition) is 3. The first-order valence-electron chi connectivity index (χ1n) is 9.64. The van der Waals surface area contributed by atoms with Crippen LogP contribution >= 0.6 is 12.4 Å². The molecule has 1 aromatic rings. The molecule has 1 saturated carbocycles. The van der Waals surface area contributed by atoms with Crippen LogP contribution in [0.3, 0.4) is 0 Å². The molecule has 1 aliphatic carbocycles. The number of rotatable bonds is 3. The quantitative estimate of drug-likeness (QED) is 0.770. The number of nitrogens with zero attached hydrogens (tertiary/aromatic N) is 2. The van der Waals surface area contributed by atoms with Gasteiger partial charge >= 0.3 is 0 Å². The molecule has 1 aliphatic heterocycles. The molecule has 0 aromatic heterocycles. The van der Waals surface area contributed by atoms with Gasteiger partial charge in [-0.25, -0.2) is 8.42 Å². The molecule has 0 bridgehead atoms. The average molecular weight is 401 g/mol. The van der Waals surface area contributed by atoms with Crippen molar-refractivity contribution in [2.24, 2.45) is 0 Å². The average Bonchev–Trinajstić information content (AvgIpc) is 2.61. The van der Waals surface area contributed by atoms with Gasteiger partial charge in [0.25, 0.3) is 0 Å². The lowest BCUT2D eigenvalue weighted by atomic mass is 9.94. The molecule has 2 aliphatic rings. The Bertz CT molecular complexity index is 708. The summed E-state index contributed by atoms with van der Waals surface area (Å²) < 4.78 is 28.4. The fourth-order valence-electron chi connectivity index (χ4n) is 4.45. The summed E-state index contributed by atoms with van der Waals surface area (Å²) in [4.78, 5) is 3.06. The lowest BCUT2D eigenvalue weighted by Gasteiger charge is -2.40. The maximum Gasteiger partial charge on any atom is 0.243 e. The fraction of sp³-hybridized carbons (Fsp3) is 0.700. The van der Waals surface area contributed by atoms with E-state index in [9.17, 15) is 8.42 Å². The highest BCUT2D eigenvalue weighted by Gasteiger charge is 2.33. The molecule has 0 atom stereocenters. The van der Waals surface area contributed by atoms with Gasteiger partial charge in [0.2, 0.25) is 10.0 Å². The van der Waals surface area contributed by atoms with Crippen LogP contribution in [0.5, 0.6) is 0 Å². The van der Waals surface area contributed by atoms with E-state index in [1.165, 1.54) is 32.1 Å². The number of piperazine rings is 1. The second-order valence-electron chi connectivity index (χ2n) is 7.82. The summed E-state index contributed by atoms with van der Waals surface area (Å²) in [7, 11) is -3.42. The van der Waals surface area contributed by atoms with Gasteiger partial charge in [-0.1, -0.05) is 25.3 Å². The minimum Gasteiger partial charge on any atom is -0.298 e. The van der Waals surface area contributed by atoms with E-state index >= 15 is 0 Å². The molecule has 1 heterocycles. The second kappa shape index (κ2) is 8.59. The van der Waals surface area contributed by atoms with Crippen molar-refractivity contribution in [1.29, 1.82) is 0 Å². The fourth-order valence-corrected chi connectivity index (χ4v) is 6.45. The molecule has 0 N–H and O–H groups in total. The molecule has 0 unspecified atom stereocenters. The predicted octanol–water partition coefficient (Wildman–Crippen LogP) is 3.98. The number of sulfonamides is 1. The highest BCUT2D eigenvalue weighted by molar-refractivity contribution is 7.89. The van der Waals surface area contributed by atoms with Gasteiger partial charge in [-0.15, -0.1) is 12.4 Å². The van der Waals surface area contributed by atoms with Crippen molar-refractivity contribution in [2.75, 3.05) is 26.2 Å². The largest absolute Gasteiger partial charge is 0.298 e. The van der Waals surface area contributed by atoms with Crippen LogP contribution < -0.4 is 0 Å². The van der Waals surface area contributed by atoms with E-state index in [0.717, 1.165) is 35.3 Å². The van der Waals surface area contributed by atoms with Crippen LogP contribution in [0, 0.1) is 27.7 Å². The summed E-state index contributed by atoms with van der Waals surface area (Å²) >= 11 is 0. The SMILES string of the molecule is Cc1cc(C)c(C)c(S(=O)(=O)N2CCN(C3CCCCC3)CC2)c1C.Cl. The van der Waals surface area contributed by atoms with Crippen molar-refractivity contribution >= 4 is 22.4 Å². The maximum absolute atomic E-state index is 13.3. The van der Waals surface area contributed by atoms with Gasteiger partial charge in [0.15, 0.2) is 0 Å². The predicted molar refractivity (Wildman–Crippen MR) is 110 cm³/mol.